The van der Waals surface area contributed by atoms with Crippen LogP contribution in [-0.4, -0.2) is 39.0 Å². The van der Waals surface area contributed by atoms with Crippen molar-refractivity contribution in [2.75, 3.05) is 32.8 Å². The summed E-state index contributed by atoms with van der Waals surface area (Å²) in [4.78, 5) is 1.89. The monoisotopic (exact) mass is 268 g/mol. The number of anilines is 1. The molecule has 0 spiro atoms. The van der Waals surface area contributed by atoms with Gasteiger partial charge >= 0.3 is 0 Å². The first kappa shape index (κ1) is 14.7. The molecule has 1 aromatic carbocycles. The quantitative estimate of drug-likeness (QED) is 0.827. The van der Waals surface area contributed by atoms with E-state index < -0.39 is 0 Å². The van der Waals surface area contributed by atoms with Gasteiger partial charge in [0.05, 0.1) is 19.4 Å². The fraction of sp³-hybridized carbons (Fsp3) is 0.462. The Morgan fingerprint density at radius 3 is 2.67 bits per heavy atom. The Morgan fingerprint density at radius 1 is 1.39 bits per heavy atom. The van der Waals surface area contributed by atoms with Gasteiger partial charge in [0.25, 0.3) is 0 Å². The summed E-state index contributed by atoms with van der Waals surface area (Å²) in [5.41, 5.74) is 0.933. The summed E-state index contributed by atoms with van der Waals surface area (Å²) in [6, 6.07) is 7.93. The van der Waals surface area contributed by atoms with Crippen molar-refractivity contribution in [3.8, 4) is 5.75 Å². The largest absolute Gasteiger partial charge is 0.495 e. The summed E-state index contributed by atoms with van der Waals surface area (Å²) in [6.45, 7) is 2.63. The SMILES string of the molecule is COCC(C)NC(=S)N(C)c1ccccc1OC. The third-order valence-electron chi connectivity index (χ3n) is 2.54. The molecule has 0 aliphatic carbocycles. The van der Waals surface area contributed by atoms with Crippen LogP contribution in [0.4, 0.5) is 5.69 Å². The number of hydrogen-bond donors (Lipinski definition) is 1. The smallest absolute Gasteiger partial charge is 0.173 e. The van der Waals surface area contributed by atoms with E-state index in [1.54, 1.807) is 14.2 Å². The van der Waals surface area contributed by atoms with Crippen LogP contribution in [-0.2, 0) is 4.74 Å². The van der Waals surface area contributed by atoms with E-state index in [0.29, 0.717) is 11.7 Å². The van der Waals surface area contributed by atoms with Crippen LogP contribution >= 0.6 is 12.2 Å². The second-order valence-electron chi connectivity index (χ2n) is 4.04. The van der Waals surface area contributed by atoms with Gasteiger partial charge in [0.2, 0.25) is 0 Å². The molecular formula is C13H20N2O2S. The highest BCUT2D eigenvalue weighted by atomic mass is 32.1. The summed E-state index contributed by atoms with van der Waals surface area (Å²) < 4.78 is 10.4. The number of para-hydroxylation sites is 2. The highest BCUT2D eigenvalue weighted by Gasteiger charge is 2.13. The molecule has 0 aliphatic heterocycles. The number of thiocarbonyl (C=S) groups is 1. The highest BCUT2D eigenvalue weighted by molar-refractivity contribution is 7.80. The van der Waals surface area contributed by atoms with E-state index in [9.17, 15) is 0 Å². The molecule has 0 fully saturated rings. The standard InChI is InChI=1S/C13H20N2O2S/c1-10(9-16-3)14-13(18)15(2)11-7-5-6-8-12(11)17-4/h5-8,10H,9H2,1-4H3,(H,14,18). The summed E-state index contributed by atoms with van der Waals surface area (Å²) in [6.07, 6.45) is 0. The molecule has 0 aromatic heterocycles. The van der Waals surface area contributed by atoms with Crippen molar-refractivity contribution in [3.63, 3.8) is 0 Å². The van der Waals surface area contributed by atoms with Gasteiger partial charge in [-0.05, 0) is 31.3 Å². The minimum Gasteiger partial charge on any atom is -0.495 e. The van der Waals surface area contributed by atoms with Crippen molar-refractivity contribution in [1.29, 1.82) is 0 Å². The molecule has 1 rings (SSSR count). The molecular weight excluding hydrogens is 248 g/mol. The van der Waals surface area contributed by atoms with Crippen LogP contribution in [0.25, 0.3) is 0 Å². The van der Waals surface area contributed by atoms with Crippen molar-refractivity contribution >= 4 is 23.0 Å². The molecule has 0 bridgehead atoms. The minimum atomic E-state index is 0.166. The van der Waals surface area contributed by atoms with Crippen molar-refractivity contribution < 1.29 is 9.47 Å². The lowest BCUT2D eigenvalue weighted by Gasteiger charge is -2.25. The van der Waals surface area contributed by atoms with E-state index in [0.717, 1.165) is 11.4 Å². The van der Waals surface area contributed by atoms with Crippen LogP contribution in [0.3, 0.4) is 0 Å². The second kappa shape index (κ2) is 7.18. The Kier molecular flexibility index (Phi) is 5.88. The molecule has 4 nitrogen and oxygen atoms in total. The van der Waals surface area contributed by atoms with Crippen molar-refractivity contribution in [2.45, 2.75) is 13.0 Å². The summed E-state index contributed by atoms with van der Waals surface area (Å²) >= 11 is 5.36. The van der Waals surface area contributed by atoms with Gasteiger partial charge < -0.3 is 19.7 Å². The fourth-order valence-corrected chi connectivity index (χ4v) is 1.92. The normalized spacial score (nSPS) is 11.8. The number of hydrogen-bond acceptors (Lipinski definition) is 3. The molecule has 0 saturated carbocycles. The third kappa shape index (κ3) is 3.85. The van der Waals surface area contributed by atoms with Gasteiger partial charge in [0.15, 0.2) is 5.11 Å². The first-order valence-corrected chi connectivity index (χ1v) is 6.17. The molecule has 0 aliphatic rings. The maximum absolute atomic E-state index is 5.36. The zero-order valence-corrected chi connectivity index (χ0v) is 12.1. The molecule has 1 N–H and O–H groups in total. The Balaban J connectivity index is 2.74. The van der Waals surface area contributed by atoms with Gasteiger partial charge in [0, 0.05) is 20.2 Å². The lowest BCUT2D eigenvalue weighted by Crippen LogP contribution is -2.43. The first-order valence-electron chi connectivity index (χ1n) is 5.76. The molecule has 0 amide bonds. The van der Waals surface area contributed by atoms with Crippen LogP contribution in [0.5, 0.6) is 5.75 Å². The molecule has 1 atom stereocenters. The molecule has 0 radical (unpaired) electrons. The number of benzene rings is 1. The number of rotatable bonds is 5. The topological polar surface area (TPSA) is 33.7 Å². The van der Waals surface area contributed by atoms with E-state index in [1.165, 1.54) is 0 Å². The van der Waals surface area contributed by atoms with Crippen molar-refractivity contribution in [3.05, 3.63) is 24.3 Å². The molecule has 1 unspecified atom stereocenters. The number of nitrogens with one attached hydrogen (secondary N) is 1. The van der Waals surface area contributed by atoms with E-state index in [4.69, 9.17) is 21.7 Å². The Labute approximate surface area is 114 Å². The summed E-state index contributed by atoms with van der Waals surface area (Å²) in [7, 11) is 5.23. The van der Waals surface area contributed by atoms with Gasteiger partial charge in [-0.25, -0.2) is 0 Å². The zero-order valence-electron chi connectivity index (χ0n) is 11.3. The zero-order chi connectivity index (χ0) is 13.5. The van der Waals surface area contributed by atoms with Gasteiger partial charge in [-0.2, -0.15) is 0 Å². The maximum Gasteiger partial charge on any atom is 0.173 e. The van der Waals surface area contributed by atoms with E-state index >= 15 is 0 Å². The summed E-state index contributed by atoms with van der Waals surface area (Å²) in [5, 5.41) is 3.85. The van der Waals surface area contributed by atoms with Gasteiger partial charge in [-0.1, -0.05) is 12.1 Å². The number of ether oxygens (including phenoxy) is 2. The van der Waals surface area contributed by atoms with E-state index in [-0.39, 0.29) is 6.04 Å². The van der Waals surface area contributed by atoms with Gasteiger partial charge in [-0.3, -0.25) is 0 Å². The predicted molar refractivity (Wildman–Crippen MR) is 78.5 cm³/mol. The first-order chi connectivity index (χ1) is 8.60. The molecule has 100 valence electrons. The predicted octanol–water partition coefficient (Wildman–Crippen LogP) is 2.04. The van der Waals surface area contributed by atoms with Crippen molar-refractivity contribution in [2.24, 2.45) is 0 Å². The van der Waals surface area contributed by atoms with E-state index in [1.807, 2.05) is 43.1 Å². The summed E-state index contributed by atoms with van der Waals surface area (Å²) in [5.74, 6) is 0.795. The molecule has 18 heavy (non-hydrogen) atoms. The Hall–Kier alpha value is -1.33. The third-order valence-corrected chi connectivity index (χ3v) is 2.93. The Bertz CT molecular complexity index is 398. The average Bonchev–Trinajstić information content (AvgIpc) is 2.38. The number of methoxy groups -OCH3 is 2. The fourth-order valence-electron chi connectivity index (χ4n) is 1.62. The van der Waals surface area contributed by atoms with Gasteiger partial charge in [-0.15, -0.1) is 0 Å². The van der Waals surface area contributed by atoms with Crippen LogP contribution in [0, 0.1) is 0 Å². The van der Waals surface area contributed by atoms with Crippen LogP contribution in [0.15, 0.2) is 24.3 Å². The highest BCUT2D eigenvalue weighted by Crippen LogP contribution is 2.26. The van der Waals surface area contributed by atoms with Gasteiger partial charge in [0.1, 0.15) is 5.75 Å². The maximum atomic E-state index is 5.36. The lowest BCUT2D eigenvalue weighted by molar-refractivity contribution is 0.179. The number of nitrogens with zero attached hydrogens (tertiary/aromatic N) is 1. The van der Waals surface area contributed by atoms with Crippen LogP contribution in [0.2, 0.25) is 0 Å². The average molecular weight is 268 g/mol. The molecule has 5 heteroatoms. The van der Waals surface area contributed by atoms with Crippen LogP contribution < -0.4 is 15.0 Å². The van der Waals surface area contributed by atoms with Crippen LogP contribution in [0.1, 0.15) is 6.92 Å². The molecule has 0 heterocycles. The second-order valence-corrected chi connectivity index (χ2v) is 4.42. The van der Waals surface area contributed by atoms with Crippen molar-refractivity contribution in [1.82, 2.24) is 5.32 Å². The molecule has 0 saturated heterocycles. The van der Waals surface area contributed by atoms with E-state index in [2.05, 4.69) is 5.32 Å². The minimum absolute atomic E-state index is 0.166. The molecule has 1 aromatic rings. The Morgan fingerprint density at radius 2 is 2.06 bits per heavy atom. The lowest BCUT2D eigenvalue weighted by atomic mass is 10.3.